The van der Waals surface area contributed by atoms with E-state index in [-0.39, 0.29) is 83.5 Å². The first kappa shape index (κ1) is 66.3. The summed E-state index contributed by atoms with van der Waals surface area (Å²) in [5, 5.41) is 220. The van der Waals surface area contributed by atoms with Crippen LogP contribution in [0.25, 0.3) is 0 Å². The van der Waals surface area contributed by atoms with Gasteiger partial charge in [-0.15, -0.1) is 0 Å². The zero-order chi connectivity index (χ0) is 55.8. The summed E-state index contributed by atoms with van der Waals surface area (Å²) in [7, 11) is 0. The first-order valence-corrected chi connectivity index (χ1v) is 17.9. The maximum Gasteiger partial charge on any atom is 3.00 e. The van der Waals surface area contributed by atoms with Crippen LogP contribution in [0.2, 0.25) is 0 Å². The average molecular weight is 1130 g/mol. The molecule has 6 rings (SSSR count). The molecule has 0 saturated carbocycles. The van der Waals surface area contributed by atoms with E-state index in [1.165, 1.54) is 0 Å². The van der Waals surface area contributed by atoms with Crippen LogP contribution >= 0.6 is 0 Å². The first-order chi connectivity index (χ1) is 33.1. The van der Waals surface area contributed by atoms with Crippen LogP contribution in [0.15, 0.2) is 72.8 Å². The molecule has 18 N–H and O–H groups in total. The van der Waals surface area contributed by atoms with Crippen LogP contribution in [0.1, 0.15) is 62.1 Å². The molecule has 0 radical (unpaired) electrons. The molecule has 0 amide bonds. The van der Waals surface area contributed by atoms with Crippen molar-refractivity contribution in [3.05, 3.63) is 106 Å². The van der Waals surface area contributed by atoms with Gasteiger partial charge in [-0.2, -0.15) is 0 Å². The molecular formula is C42H30AlO30Y. The minimum absolute atomic E-state index is 0. The van der Waals surface area contributed by atoms with Gasteiger partial charge in [0, 0.05) is 0 Å². The van der Waals surface area contributed by atoms with Gasteiger partial charge in [0.25, 0.3) is 0 Å². The van der Waals surface area contributed by atoms with Crippen molar-refractivity contribution in [1.29, 1.82) is 0 Å². The standard InChI is InChI=1S/6C7H6O5.Al.Y/c6*8-4-1-3(7(11)12)2-5(9)6(4)10;;/h6*1-2,8-10H,(H,11,12);;/q;;;;;;2*+3/p-6. The van der Waals surface area contributed by atoms with Crippen molar-refractivity contribution in [3.8, 4) is 103 Å². The minimum Gasteiger partial charge on any atom is -0.867 e. The average Bonchev–Trinajstić information content (AvgIpc) is 3.29. The zero-order valence-electron chi connectivity index (χ0n) is 36.0. The van der Waals surface area contributed by atoms with E-state index in [1.54, 1.807) is 0 Å². The number of carbonyl (C=O) groups is 6. The second kappa shape index (κ2) is 28.7. The van der Waals surface area contributed by atoms with Gasteiger partial charge in [-0.3, -0.25) is 0 Å². The maximum absolute atomic E-state index is 10.7. The van der Waals surface area contributed by atoms with E-state index in [9.17, 15) is 59.4 Å². The molecule has 0 fully saturated rings. The van der Waals surface area contributed by atoms with Crippen molar-refractivity contribution < 1.29 is 184 Å². The molecule has 0 atom stereocenters. The van der Waals surface area contributed by atoms with Crippen molar-refractivity contribution in [2.75, 3.05) is 0 Å². The fraction of sp³-hybridized carbons (Fsp3) is 0. The van der Waals surface area contributed by atoms with Crippen LogP contribution in [-0.4, -0.2) is 145 Å². The zero-order valence-corrected chi connectivity index (χ0v) is 40.0. The Bertz CT molecular complexity index is 2380. The number of carboxylic acid groups (broad SMARTS) is 6. The summed E-state index contributed by atoms with van der Waals surface area (Å²) >= 11 is 0. The number of phenolic OH excluding ortho intramolecular Hbond substituents is 12. The molecule has 384 valence electrons. The molecule has 0 saturated heterocycles. The largest absolute Gasteiger partial charge is 3.00 e. The molecule has 0 spiro atoms. The van der Waals surface area contributed by atoms with Crippen molar-refractivity contribution in [3.63, 3.8) is 0 Å². The number of aromatic hydroxyl groups is 12. The summed E-state index contributed by atoms with van der Waals surface area (Å²) in [4.78, 5) is 61.8. The predicted molar refractivity (Wildman–Crippen MR) is 223 cm³/mol. The third kappa shape index (κ3) is 19.2. The van der Waals surface area contributed by atoms with Gasteiger partial charge < -0.3 is 123 Å². The third-order valence-electron chi connectivity index (χ3n) is 7.78. The number of carboxylic acids is 6. The Hall–Kier alpha value is -9.82. The quantitative estimate of drug-likeness (QED) is 0.0874. The number of rotatable bonds is 6. The molecule has 74 heavy (non-hydrogen) atoms. The van der Waals surface area contributed by atoms with Gasteiger partial charge in [-0.25, -0.2) is 28.8 Å². The summed E-state index contributed by atoms with van der Waals surface area (Å²) in [6.45, 7) is 0. The Kier molecular flexibility index (Phi) is 25.7. The monoisotopic (exact) mass is 1130 g/mol. The number of hydrogen-bond donors (Lipinski definition) is 18. The van der Waals surface area contributed by atoms with Crippen LogP contribution < -0.4 is 30.6 Å². The van der Waals surface area contributed by atoms with Crippen LogP contribution in [0.5, 0.6) is 103 Å². The number of aromatic carboxylic acids is 6. The Balaban J connectivity index is 0. The molecule has 0 aliphatic heterocycles. The second-order valence-electron chi connectivity index (χ2n) is 12.9. The van der Waals surface area contributed by atoms with Crippen LogP contribution in [-0.2, 0) is 32.7 Å². The van der Waals surface area contributed by atoms with Gasteiger partial charge in [0.05, 0.1) is 33.4 Å². The van der Waals surface area contributed by atoms with E-state index in [2.05, 4.69) is 0 Å². The first-order valence-electron chi connectivity index (χ1n) is 17.9. The fourth-order valence-corrected chi connectivity index (χ4v) is 4.33. The van der Waals surface area contributed by atoms with Crippen LogP contribution in [0, 0.1) is 0 Å². The van der Waals surface area contributed by atoms with E-state index < -0.39 is 139 Å². The molecular weight excluding hydrogens is 1100 g/mol. The minimum atomic E-state index is -1.32. The molecule has 6 aromatic rings. The van der Waals surface area contributed by atoms with Crippen molar-refractivity contribution in [1.82, 2.24) is 0 Å². The van der Waals surface area contributed by atoms with E-state index in [0.717, 1.165) is 72.8 Å². The summed E-state index contributed by atoms with van der Waals surface area (Å²) in [6.07, 6.45) is 0. The molecule has 0 aliphatic rings. The van der Waals surface area contributed by atoms with Gasteiger partial charge in [0.2, 0.25) is 0 Å². The van der Waals surface area contributed by atoms with Gasteiger partial charge in [-0.05, 0) is 107 Å². The molecule has 0 aliphatic carbocycles. The molecule has 0 aromatic heterocycles. The summed E-state index contributed by atoms with van der Waals surface area (Å²) in [5.74, 6) is -23.0. The van der Waals surface area contributed by atoms with Gasteiger partial charge in [0.15, 0.2) is 0 Å². The van der Waals surface area contributed by atoms with Gasteiger partial charge >= 0.3 is 85.9 Å². The number of hydrogen-bond acceptors (Lipinski definition) is 24. The van der Waals surface area contributed by atoms with Crippen LogP contribution in [0.3, 0.4) is 0 Å². The Morgan fingerprint density at radius 1 is 0.230 bits per heavy atom. The van der Waals surface area contributed by atoms with Gasteiger partial charge in [0.1, 0.15) is 69.0 Å². The van der Waals surface area contributed by atoms with Crippen molar-refractivity contribution >= 4 is 53.2 Å². The molecule has 6 aromatic carbocycles. The Labute approximate surface area is 444 Å². The molecule has 0 unspecified atom stereocenters. The van der Waals surface area contributed by atoms with Gasteiger partial charge in [-0.1, -0.05) is 0 Å². The van der Waals surface area contributed by atoms with E-state index in [0.29, 0.717) is 0 Å². The number of phenols is 12. The summed E-state index contributed by atoms with van der Waals surface area (Å²) in [5.41, 5.74) is -1.97. The van der Waals surface area contributed by atoms with Crippen molar-refractivity contribution in [2.24, 2.45) is 0 Å². The topological polar surface area (TPSA) is 605 Å². The Morgan fingerprint density at radius 2 is 0.297 bits per heavy atom. The summed E-state index contributed by atoms with van der Waals surface area (Å²) < 4.78 is 0. The molecule has 0 heterocycles. The van der Waals surface area contributed by atoms with E-state index in [4.69, 9.17) is 91.9 Å². The van der Waals surface area contributed by atoms with E-state index >= 15 is 0 Å². The van der Waals surface area contributed by atoms with E-state index in [1.807, 2.05) is 0 Å². The molecule has 0 bridgehead atoms. The normalized spacial score (nSPS) is 9.41. The summed E-state index contributed by atoms with van der Waals surface area (Å²) in [6, 6.07) is 9.39. The Morgan fingerprint density at radius 3 is 0.351 bits per heavy atom. The smallest absolute Gasteiger partial charge is 0.867 e. The third-order valence-corrected chi connectivity index (χ3v) is 7.78. The second-order valence-corrected chi connectivity index (χ2v) is 12.9. The maximum atomic E-state index is 10.7. The van der Waals surface area contributed by atoms with Crippen molar-refractivity contribution in [2.45, 2.75) is 0 Å². The predicted octanol–water partition coefficient (Wildman–Crippen LogP) is -1.17. The fourth-order valence-electron chi connectivity index (χ4n) is 4.33. The molecule has 30 nitrogen and oxygen atoms in total. The van der Waals surface area contributed by atoms with Crippen LogP contribution in [0.4, 0.5) is 0 Å². The molecule has 32 heteroatoms. The SMILES string of the molecule is O=C(O)c1cc(O)c([O-])c(O)c1.O=C(O)c1cc(O)c([O-])c(O)c1.O=C(O)c1cc(O)c([O-])c(O)c1.O=C(O)c1cc(O)c([O-])c(O)c1.O=C(O)c1cc(O)c([O-])c(O)c1.O=C(O)c1cc(O)c([O-])c(O)c1.[Al+3].[Y+3]. The number of benzene rings is 6.